The summed E-state index contributed by atoms with van der Waals surface area (Å²) in [5.41, 5.74) is 10.4. The van der Waals surface area contributed by atoms with Gasteiger partial charge >= 0.3 is 0 Å². The van der Waals surface area contributed by atoms with Gasteiger partial charge in [-0.05, 0) is 60.7 Å². The molecule has 0 unspecified atom stereocenters. The summed E-state index contributed by atoms with van der Waals surface area (Å²) in [5, 5.41) is 30.1. The fourth-order valence-corrected chi connectivity index (χ4v) is 4.87. The number of aliphatic hydroxyl groups is 2. The lowest BCUT2D eigenvalue weighted by Gasteiger charge is -2.20. The molecule has 4 rings (SSSR count). The van der Waals surface area contributed by atoms with Crippen molar-refractivity contribution in [2.45, 2.75) is 57.5 Å². The molecule has 0 aliphatic rings. The minimum atomic E-state index is -0.812. The van der Waals surface area contributed by atoms with Crippen LogP contribution in [0.25, 0.3) is 0 Å². The van der Waals surface area contributed by atoms with E-state index in [1.54, 1.807) is 37.4 Å². The highest BCUT2D eigenvalue weighted by Crippen LogP contribution is 2.17. The first-order valence-corrected chi connectivity index (χ1v) is 14.8. The maximum Gasteiger partial charge on any atom is 0.251 e. The number of nitrogens with one attached hydrogen (secondary N) is 3. The van der Waals surface area contributed by atoms with E-state index in [9.17, 15) is 19.8 Å². The van der Waals surface area contributed by atoms with Gasteiger partial charge in [0.25, 0.3) is 5.91 Å². The highest BCUT2D eigenvalue weighted by Gasteiger charge is 2.19. The van der Waals surface area contributed by atoms with E-state index in [1.807, 2.05) is 66.7 Å². The van der Waals surface area contributed by atoms with Gasteiger partial charge in [-0.3, -0.25) is 9.59 Å². The largest absolute Gasteiger partial charge is 0.387 e. The van der Waals surface area contributed by atoms with Crippen LogP contribution >= 0.6 is 0 Å². The zero-order valence-electron chi connectivity index (χ0n) is 25.1. The predicted octanol–water partition coefficient (Wildman–Crippen LogP) is 3.63. The molecule has 7 N–H and O–H groups in total. The maximum absolute atomic E-state index is 12.7. The summed E-state index contributed by atoms with van der Waals surface area (Å²) < 4.78 is 0. The van der Waals surface area contributed by atoms with Crippen molar-refractivity contribution in [1.29, 1.82) is 0 Å². The molecular formula is C35H41N5O4. The van der Waals surface area contributed by atoms with Crippen molar-refractivity contribution in [3.8, 4) is 0 Å². The lowest BCUT2D eigenvalue weighted by molar-refractivity contribution is -0.120. The Balaban J connectivity index is 1.20. The van der Waals surface area contributed by atoms with Crippen LogP contribution in [0.1, 0.15) is 64.2 Å². The van der Waals surface area contributed by atoms with Crippen LogP contribution in [-0.2, 0) is 24.2 Å². The van der Waals surface area contributed by atoms with Gasteiger partial charge in [-0.2, -0.15) is 0 Å². The molecule has 230 valence electrons. The number of carbonyl (C=O) groups excluding carboxylic acids is 2. The Morgan fingerprint density at radius 2 is 1.57 bits per heavy atom. The third-order valence-electron chi connectivity index (χ3n) is 7.43. The molecule has 0 spiro atoms. The SMILES string of the molecule is C[C@H](Cc1cccc(CC(=O)NCc2ccc(C(=O)N[C@H](C)[C@@H](O)c3ccccc3)cc2)c1)NC[C@H](O)c1ccc(N)nc1. The van der Waals surface area contributed by atoms with Crippen LogP contribution in [0.5, 0.6) is 0 Å². The Hall–Kier alpha value is -4.57. The number of hydrogen-bond acceptors (Lipinski definition) is 7. The number of anilines is 1. The van der Waals surface area contributed by atoms with Crippen LogP contribution in [0, 0.1) is 0 Å². The van der Waals surface area contributed by atoms with Gasteiger partial charge in [0.1, 0.15) is 5.82 Å². The van der Waals surface area contributed by atoms with Gasteiger partial charge in [0.2, 0.25) is 5.91 Å². The molecule has 0 radical (unpaired) electrons. The van der Waals surface area contributed by atoms with Crippen molar-refractivity contribution < 1.29 is 19.8 Å². The van der Waals surface area contributed by atoms with Crippen molar-refractivity contribution in [2.24, 2.45) is 0 Å². The normalized spacial score (nSPS) is 13.8. The van der Waals surface area contributed by atoms with E-state index < -0.39 is 18.2 Å². The highest BCUT2D eigenvalue weighted by atomic mass is 16.3. The zero-order valence-corrected chi connectivity index (χ0v) is 25.1. The van der Waals surface area contributed by atoms with Gasteiger partial charge < -0.3 is 31.9 Å². The highest BCUT2D eigenvalue weighted by molar-refractivity contribution is 5.94. The monoisotopic (exact) mass is 595 g/mol. The van der Waals surface area contributed by atoms with Crippen LogP contribution in [0.3, 0.4) is 0 Å². The summed E-state index contributed by atoms with van der Waals surface area (Å²) in [7, 11) is 0. The Labute approximate surface area is 258 Å². The summed E-state index contributed by atoms with van der Waals surface area (Å²) in [4.78, 5) is 29.4. The molecule has 4 atom stereocenters. The molecule has 4 aromatic rings. The maximum atomic E-state index is 12.7. The Morgan fingerprint density at radius 3 is 2.27 bits per heavy atom. The molecule has 0 bridgehead atoms. The van der Waals surface area contributed by atoms with Gasteiger partial charge in [-0.1, -0.05) is 72.8 Å². The smallest absolute Gasteiger partial charge is 0.251 e. The van der Waals surface area contributed by atoms with Gasteiger partial charge in [0.05, 0.1) is 24.7 Å². The first kappa shape index (κ1) is 32.3. The average Bonchev–Trinajstić information content (AvgIpc) is 3.03. The number of nitrogens with two attached hydrogens (primary N) is 1. The van der Waals surface area contributed by atoms with Gasteiger partial charge in [0, 0.05) is 36.5 Å². The first-order valence-electron chi connectivity index (χ1n) is 14.8. The number of pyridine rings is 1. The Bertz CT molecular complexity index is 1500. The van der Waals surface area contributed by atoms with Crippen molar-refractivity contribution in [1.82, 2.24) is 20.9 Å². The average molecular weight is 596 g/mol. The molecule has 9 heteroatoms. The van der Waals surface area contributed by atoms with Crippen LogP contribution in [0.15, 0.2) is 97.2 Å². The second-order valence-corrected chi connectivity index (χ2v) is 11.1. The van der Waals surface area contributed by atoms with Crippen LogP contribution in [0.2, 0.25) is 0 Å². The van der Waals surface area contributed by atoms with Crippen molar-refractivity contribution in [3.63, 3.8) is 0 Å². The number of benzene rings is 3. The van der Waals surface area contributed by atoms with E-state index in [0.29, 0.717) is 30.0 Å². The Morgan fingerprint density at radius 1 is 0.841 bits per heavy atom. The zero-order chi connectivity index (χ0) is 31.5. The third-order valence-corrected chi connectivity index (χ3v) is 7.43. The number of rotatable bonds is 14. The van der Waals surface area contributed by atoms with Gasteiger partial charge in [0.15, 0.2) is 0 Å². The first-order chi connectivity index (χ1) is 21.2. The summed E-state index contributed by atoms with van der Waals surface area (Å²) in [6.07, 6.45) is 1.08. The van der Waals surface area contributed by atoms with Crippen LogP contribution < -0.4 is 21.7 Å². The van der Waals surface area contributed by atoms with E-state index in [0.717, 1.165) is 28.7 Å². The molecule has 9 nitrogen and oxygen atoms in total. The lowest BCUT2D eigenvalue weighted by Crippen LogP contribution is -2.37. The molecular weight excluding hydrogens is 554 g/mol. The summed E-state index contributed by atoms with van der Waals surface area (Å²) in [6, 6.07) is 27.3. The van der Waals surface area contributed by atoms with E-state index in [4.69, 9.17) is 5.73 Å². The standard InChI is InChI=1S/C35H41N5O4/c1-23(37-22-31(41)30-15-16-32(36)38-21-30)17-26-7-6-8-27(18-26)19-33(42)39-20-25-11-13-29(14-12-25)35(44)40-24(2)34(43)28-9-4-3-5-10-28/h3-16,18,21,23-24,31,34,37,41,43H,17,19-20,22H2,1-2H3,(H2,36,38)(H,39,42)(H,40,44)/t23-,24-,31+,34-/m1/s1. The summed E-state index contributed by atoms with van der Waals surface area (Å²) in [5.74, 6) is 0.0422. The molecule has 0 saturated heterocycles. The molecule has 2 amide bonds. The van der Waals surface area contributed by atoms with Crippen molar-refractivity contribution >= 4 is 17.6 Å². The van der Waals surface area contributed by atoms with E-state index in [-0.39, 0.29) is 24.3 Å². The summed E-state index contributed by atoms with van der Waals surface area (Å²) >= 11 is 0. The minimum absolute atomic E-state index is 0.0981. The minimum Gasteiger partial charge on any atom is -0.387 e. The van der Waals surface area contributed by atoms with Crippen LogP contribution in [0.4, 0.5) is 5.82 Å². The van der Waals surface area contributed by atoms with E-state index in [2.05, 4.69) is 27.9 Å². The number of aromatic nitrogens is 1. The number of hydrogen-bond donors (Lipinski definition) is 6. The molecule has 0 aliphatic carbocycles. The quantitative estimate of drug-likeness (QED) is 0.130. The molecule has 3 aromatic carbocycles. The molecule has 0 aliphatic heterocycles. The second-order valence-electron chi connectivity index (χ2n) is 11.1. The number of amides is 2. The van der Waals surface area contributed by atoms with E-state index >= 15 is 0 Å². The fourth-order valence-electron chi connectivity index (χ4n) is 4.87. The second kappa shape index (κ2) is 15.8. The van der Waals surface area contributed by atoms with Gasteiger partial charge in [-0.15, -0.1) is 0 Å². The molecule has 1 aromatic heterocycles. The number of carbonyl (C=O) groups is 2. The third kappa shape index (κ3) is 9.74. The predicted molar refractivity (Wildman–Crippen MR) is 172 cm³/mol. The number of aliphatic hydroxyl groups excluding tert-OH is 2. The fraction of sp³-hybridized carbons (Fsp3) is 0.286. The molecule has 0 fully saturated rings. The van der Waals surface area contributed by atoms with E-state index in [1.165, 1.54) is 0 Å². The Kier molecular flexibility index (Phi) is 11.6. The molecule has 1 heterocycles. The number of nitrogens with zero attached hydrogens (tertiary/aromatic N) is 1. The summed E-state index contributed by atoms with van der Waals surface area (Å²) in [6.45, 7) is 4.55. The topological polar surface area (TPSA) is 150 Å². The lowest BCUT2D eigenvalue weighted by atomic mass is 10.0. The van der Waals surface area contributed by atoms with Crippen LogP contribution in [-0.4, -0.2) is 45.6 Å². The molecule has 44 heavy (non-hydrogen) atoms. The van der Waals surface area contributed by atoms with Crippen molar-refractivity contribution in [2.75, 3.05) is 12.3 Å². The number of nitrogen functional groups attached to an aromatic ring is 1. The van der Waals surface area contributed by atoms with Gasteiger partial charge in [-0.25, -0.2) is 4.98 Å². The van der Waals surface area contributed by atoms with Crippen molar-refractivity contribution in [3.05, 3.63) is 131 Å². The molecule has 0 saturated carbocycles.